The molecule has 2 aromatic rings. The zero-order valence-corrected chi connectivity index (χ0v) is 12.4. The van der Waals surface area contributed by atoms with E-state index in [2.05, 4.69) is 36.1 Å². The van der Waals surface area contributed by atoms with Crippen LogP contribution in [0, 0.1) is 5.92 Å². The maximum absolute atomic E-state index is 10.5. The van der Waals surface area contributed by atoms with Crippen LogP contribution in [0.3, 0.4) is 0 Å². The van der Waals surface area contributed by atoms with Gasteiger partial charge < -0.3 is 15.7 Å². The van der Waals surface area contributed by atoms with Crippen molar-refractivity contribution in [2.24, 2.45) is 5.92 Å². The maximum Gasteiger partial charge on any atom is 0.0984 e. The van der Waals surface area contributed by atoms with E-state index in [4.69, 9.17) is 5.73 Å². The van der Waals surface area contributed by atoms with Crippen LogP contribution in [0.5, 0.6) is 0 Å². The van der Waals surface area contributed by atoms with Crippen LogP contribution in [0.25, 0.3) is 0 Å². The summed E-state index contributed by atoms with van der Waals surface area (Å²) in [5, 5.41) is 10.5. The second kappa shape index (κ2) is 5.78. The zero-order chi connectivity index (χ0) is 14.8. The van der Waals surface area contributed by atoms with Gasteiger partial charge in [0.2, 0.25) is 0 Å². The predicted molar refractivity (Wildman–Crippen MR) is 87.3 cm³/mol. The standard InChI is InChI=1S/C18H22N2O/c1-13-10-14-6-2-5-9-17(14)20(11-13)12-18(21)15-7-3-4-8-16(15)19/h2-9,13,18,21H,10-12,19H2,1H3. The number of fused-ring (bicyclic) bond motifs is 1. The van der Waals surface area contributed by atoms with Crippen LogP contribution in [0.1, 0.15) is 24.2 Å². The van der Waals surface area contributed by atoms with Crippen molar-refractivity contribution in [1.82, 2.24) is 0 Å². The van der Waals surface area contributed by atoms with Crippen LogP contribution in [0.2, 0.25) is 0 Å². The van der Waals surface area contributed by atoms with Crippen LogP contribution < -0.4 is 10.6 Å². The second-order valence-electron chi connectivity index (χ2n) is 5.99. The van der Waals surface area contributed by atoms with Crippen LogP contribution in [0.4, 0.5) is 11.4 Å². The van der Waals surface area contributed by atoms with E-state index in [9.17, 15) is 5.11 Å². The molecule has 21 heavy (non-hydrogen) atoms. The molecule has 3 rings (SSSR count). The van der Waals surface area contributed by atoms with Gasteiger partial charge in [0.1, 0.15) is 0 Å². The Kier molecular flexibility index (Phi) is 3.84. The Morgan fingerprint density at radius 3 is 2.71 bits per heavy atom. The molecule has 2 atom stereocenters. The van der Waals surface area contributed by atoms with Gasteiger partial charge >= 0.3 is 0 Å². The Morgan fingerprint density at radius 1 is 1.19 bits per heavy atom. The fourth-order valence-corrected chi connectivity index (χ4v) is 3.20. The molecular formula is C18H22N2O. The SMILES string of the molecule is CC1Cc2ccccc2N(CC(O)c2ccccc2N)C1. The largest absolute Gasteiger partial charge is 0.398 e. The first-order chi connectivity index (χ1) is 10.1. The number of hydrogen-bond acceptors (Lipinski definition) is 3. The van der Waals surface area contributed by atoms with Gasteiger partial charge in [0.25, 0.3) is 0 Å². The Morgan fingerprint density at radius 2 is 1.90 bits per heavy atom. The number of β-amino-alcohol motifs (C(OH)–C–C–N with tert-alkyl or cyclic N) is 1. The predicted octanol–water partition coefficient (Wildman–Crippen LogP) is 3.00. The average molecular weight is 282 g/mol. The number of aliphatic hydroxyl groups excluding tert-OH is 1. The normalized spacial score (nSPS) is 19.1. The summed E-state index contributed by atoms with van der Waals surface area (Å²) in [5.74, 6) is 0.597. The minimum atomic E-state index is -0.565. The summed E-state index contributed by atoms with van der Waals surface area (Å²) in [6, 6.07) is 16.0. The van der Waals surface area contributed by atoms with Crippen LogP contribution in [-0.2, 0) is 6.42 Å². The Labute approximate surface area is 126 Å². The third kappa shape index (κ3) is 2.88. The van der Waals surface area contributed by atoms with Gasteiger partial charge in [-0.25, -0.2) is 0 Å². The molecule has 110 valence electrons. The van der Waals surface area contributed by atoms with Crippen molar-refractivity contribution in [3.05, 3.63) is 59.7 Å². The number of para-hydroxylation sites is 2. The number of nitrogen functional groups attached to an aromatic ring is 1. The second-order valence-corrected chi connectivity index (χ2v) is 5.99. The van der Waals surface area contributed by atoms with Crippen molar-refractivity contribution in [3.8, 4) is 0 Å². The average Bonchev–Trinajstić information content (AvgIpc) is 2.47. The highest BCUT2D eigenvalue weighted by Gasteiger charge is 2.24. The van der Waals surface area contributed by atoms with E-state index in [1.807, 2.05) is 24.3 Å². The lowest BCUT2D eigenvalue weighted by Crippen LogP contribution is -2.37. The van der Waals surface area contributed by atoms with Crippen molar-refractivity contribution >= 4 is 11.4 Å². The van der Waals surface area contributed by atoms with Crippen molar-refractivity contribution in [2.45, 2.75) is 19.4 Å². The third-order valence-electron chi connectivity index (χ3n) is 4.18. The fraction of sp³-hybridized carbons (Fsp3) is 0.333. The molecule has 2 unspecified atom stereocenters. The van der Waals surface area contributed by atoms with E-state index in [-0.39, 0.29) is 0 Å². The van der Waals surface area contributed by atoms with E-state index in [1.54, 1.807) is 0 Å². The van der Waals surface area contributed by atoms with Gasteiger partial charge in [-0.1, -0.05) is 43.3 Å². The quantitative estimate of drug-likeness (QED) is 0.851. The number of benzene rings is 2. The first-order valence-corrected chi connectivity index (χ1v) is 7.50. The summed E-state index contributed by atoms with van der Waals surface area (Å²) < 4.78 is 0. The van der Waals surface area contributed by atoms with Gasteiger partial charge in [-0.15, -0.1) is 0 Å². The van der Waals surface area contributed by atoms with Gasteiger partial charge in [-0.2, -0.15) is 0 Å². The number of nitrogens with zero attached hydrogens (tertiary/aromatic N) is 1. The number of nitrogens with two attached hydrogens (primary N) is 1. The lowest BCUT2D eigenvalue weighted by atomic mass is 9.93. The molecule has 0 radical (unpaired) electrons. The molecule has 0 saturated carbocycles. The zero-order valence-electron chi connectivity index (χ0n) is 12.4. The van der Waals surface area contributed by atoms with E-state index in [0.29, 0.717) is 18.2 Å². The third-order valence-corrected chi connectivity index (χ3v) is 4.18. The smallest absolute Gasteiger partial charge is 0.0984 e. The molecule has 0 fully saturated rings. The highest BCUT2D eigenvalue weighted by atomic mass is 16.3. The van der Waals surface area contributed by atoms with Crippen LogP contribution in [-0.4, -0.2) is 18.2 Å². The van der Waals surface area contributed by atoms with E-state index in [1.165, 1.54) is 11.3 Å². The Bertz CT molecular complexity index is 626. The molecule has 0 aliphatic carbocycles. The first-order valence-electron chi connectivity index (χ1n) is 7.50. The topological polar surface area (TPSA) is 49.5 Å². The van der Waals surface area contributed by atoms with Crippen molar-refractivity contribution in [3.63, 3.8) is 0 Å². The molecular weight excluding hydrogens is 260 g/mol. The highest BCUT2D eigenvalue weighted by Crippen LogP contribution is 2.31. The molecule has 0 saturated heterocycles. The van der Waals surface area contributed by atoms with Gasteiger partial charge in [0.05, 0.1) is 6.10 Å². The van der Waals surface area contributed by atoms with Crippen LogP contribution in [0.15, 0.2) is 48.5 Å². The van der Waals surface area contributed by atoms with Gasteiger partial charge in [0, 0.05) is 30.0 Å². The monoisotopic (exact) mass is 282 g/mol. The van der Waals surface area contributed by atoms with E-state index in [0.717, 1.165) is 18.5 Å². The van der Waals surface area contributed by atoms with Gasteiger partial charge in [-0.3, -0.25) is 0 Å². The van der Waals surface area contributed by atoms with Crippen LogP contribution >= 0.6 is 0 Å². The summed E-state index contributed by atoms with van der Waals surface area (Å²) in [7, 11) is 0. The summed E-state index contributed by atoms with van der Waals surface area (Å²) >= 11 is 0. The molecule has 0 spiro atoms. The Balaban J connectivity index is 1.83. The summed E-state index contributed by atoms with van der Waals surface area (Å²) in [6.45, 7) is 3.81. The molecule has 0 aromatic heterocycles. The van der Waals surface area contributed by atoms with Gasteiger partial charge in [-0.05, 0) is 30.0 Å². The fourth-order valence-electron chi connectivity index (χ4n) is 3.20. The molecule has 3 N–H and O–H groups in total. The molecule has 0 bridgehead atoms. The van der Waals surface area contributed by atoms with E-state index < -0.39 is 6.10 Å². The summed E-state index contributed by atoms with van der Waals surface area (Å²) in [6.07, 6.45) is 0.542. The molecule has 1 aliphatic rings. The van der Waals surface area contributed by atoms with Crippen molar-refractivity contribution in [1.29, 1.82) is 0 Å². The number of anilines is 2. The number of rotatable bonds is 3. The van der Waals surface area contributed by atoms with Crippen molar-refractivity contribution < 1.29 is 5.11 Å². The molecule has 1 heterocycles. The van der Waals surface area contributed by atoms with E-state index >= 15 is 0 Å². The summed E-state index contributed by atoms with van der Waals surface area (Å²) in [5.41, 5.74) is 10.0. The molecule has 2 aromatic carbocycles. The highest BCUT2D eigenvalue weighted by molar-refractivity contribution is 5.56. The first kappa shape index (κ1) is 14.0. The molecule has 0 amide bonds. The molecule has 3 nitrogen and oxygen atoms in total. The minimum absolute atomic E-state index is 0.565. The lowest BCUT2D eigenvalue weighted by molar-refractivity contribution is 0.182. The Hall–Kier alpha value is -2.00. The molecule has 1 aliphatic heterocycles. The van der Waals surface area contributed by atoms with Crippen molar-refractivity contribution in [2.75, 3.05) is 23.7 Å². The maximum atomic E-state index is 10.5. The molecule has 3 heteroatoms. The number of aliphatic hydroxyl groups is 1. The number of hydrogen-bond donors (Lipinski definition) is 2. The lowest BCUT2D eigenvalue weighted by Gasteiger charge is -2.36. The summed E-state index contributed by atoms with van der Waals surface area (Å²) in [4.78, 5) is 2.28. The van der Waals surface area contributed by atoms with Gasteiger partial charge in [0.15, 0.2) is 0 Å². The minimum Gasteiger partial charge on any atom is -0.398 e.